The Balaban J connectivity index is 2.11. The number of fused-ring (bicyclic) bond motifs is 1. The third kappa shape index (κ3) is 26.2. The first-order valence-electron chi connectivity index (χ1n) is 28.3. The zero-order valence-corrected chi connectivity index (χ0v) is 54.3. The summed E-state index contributed by atoms with van der Waals surface area (Å²) in [5.41, 5.74) is 5.30. The van der Waals surface area contributed by atoms with Gasteiger partial charge in [-0.2, -0.15) is 20.2 Å². The molecule has 0 bridgehead atoms. The number of benzene rings is 1. The predicted molar refractivity (Wildman–Crippen MR) is 330 cm³/mol. The topological polar surface area (TPSA) is 514 Å². The minimum absolute atomic E-state index is 0.0220. The smallest absolute Gasteiger partial charge is 0.419 e. The normalized spacial score (nSPS) is 16.2. The number of aromatic nitrogens is 1. The first-order valence-corrected chi connectivity index (χ1v) is 34.0. The molecule has 1 aromatic heterocycles. The third-order valence-electron chi connectivity index (χ3n) is 13.4. The highest BCUT2D eigenvalue weighted by molar-refractivity contribution is 9.05. The molecule has 10 atom stereocenters. The lowest BCUT2D eigenvalue weighted by molar-refractivity contribution is -0.144. The number of rotatable bonds is 36. The van der Waals surface area contributed by atoms with E-state index >= 15 is 0 Å². The minimum Gasteiger partial charge on any atom is -0.481 e. The summed E-state index contributed by atoms with van der Waals surface area (Å²) < 4.78 is 39.4. The fourth-order valence-corrected chi connectivity index (χ4v) is 12.5. The molecule has 37 heteroatoms. The Labute approximate surface area is 534 Å². The maximum Gasteiger partial charge on any atom is 0.419 e. The lowest BCUT2D eigenvalue weighted by Crippen LogP contribution is -2.61. The first-order chi connectivity index (χ1) is 42.3. The van der Waals surface area contributed by atoms with Crippen molar-refractivity contribution in [1.29, 1.82) is 0 Å². The second-order valence-corrected chi connectivity index (χ2v) is 28.7. The number of carboxylic acid groups (broad SMARTS) is 4. The molecule has 1 aromatic carbocycles. The van der Waals surface area contributed by atoms with Crippen molar-refractivity contribution in [1.82, 2.24) is 52.0 Å². The van der Waals surface area contributed by atoms with Gasteiger partial charge in [-0.25, -0.2) is 4.79 Å². The number of carbonyl (C=O) groups excluding carboxylic acids is 10. The number of ether oxygens (including phenoxy) is 1. The van der Waals surface area contributed by atoms with E-state index in [2.05, 4.69) is 42.5 Å². The van der Waals surface area contributed by atoms with Crippen LogP contribution in [0.25, 0.3) is 10.9 Å². The summed E-state index contributed by atoms with van der Waals surface area (Å²) in [7, 11) is -4.55. The molecule has 0 spiro atoms. The number of nitrogens with one attached hydrogen (secondary N) is 8. The summed E-state index contributed by atoms with van der Waals surface area (Å²) in [6, 6.07) is -10.3. The molecule has 2 aromatic rings. The number of amides is 9. The molecule has 33 nitrogen and oxygen atoms in total. The molecule has 1 saturated heterocycles. The number of aliphatic carboxylic acids is 4. The van der Waals surface area contributed by atoms with Crippen molar-refractivity contribution in [3.05, 3.63) is 36.0 Å². The molecular formula is C54H79N11O22S4. The van der Waals surface area contributed by atoms with Crippen molar-refractivity contribution < 1.29 is 105 Å². The van der Waals surface area contributed by atoms with E-state index in [9.17, 15) is 101 Å². The van der Waals surface area contributed by atoms with Gasteiger partial charge in [0.1, 0.15) is 60.0 Å². The number of carbonyl (C=O) groups is 14. The van der Waals surface area contributed by atoms with Crippen LogP contribution >= 0.6 is 32.4 Å². The van der Waals surface area contributed by atoms with E-state index < -0.39 is 202 Å². The molecule has 1 fully saturated rings. The van der Waals surface area contributed by atoms with Crippen LogP contribution in [-0.2, 0) is 82.6 Å². The Hall–Kier alpha value is -7.74. The molecule has 91 heavy (non-hydrogen) atoms. The molecule has 3 rings (SSSR count). The van der Waals surface area contributed by atoms with E-state index in [0.29, 0.717) is 21.9 Å². The number of nitrogens with zero attached hydrogens (tertiary/aromatic N) is 2. The Morgan fingerprint density at radius 1 is 0.670 bits per heavy atom. The molecule has 0 aliphatic carbocycles. The monoisotopic (exact) mass is 1360 g/mol. The van der Waals surface area contributed by atoms with Crippen LogP contribution in [-0.4, -0.2) is 216 Å². The van der Waals surface area contributed by atoms with Crippen LogP contribution < -0.4 is 48.3 Å². The number of thioether (sulfide) groups is 1. The molecule has 9 amide bonds. The molecular weight excluding hydrogens is 1280 g/mol. The second kappa shape index (κ2) is 35.8. The van der Waals surface area contributed by atoms with Gasteiger partial charge in [-0.3, -0.25) is 71.4 Å². The van der Waals surface area contributed by atoms with Gasteiger partial charge in [-0.05, 0) is 96.3 Å². The van der Waals surface area contributed by atoms with Gasteiger partial charge < -0.3 is 78.3 Å². The molecule has 1 aliphatic rings. The number of para-hydroxylation sites is 1. The van der Waals surface area contributed by atoms with Crippen LogP contribution in [0.2, 0.25) is 0 Å². The third-order valence-corrected chi connectivity index (χ3v) is 18.4. The van der Waals surface area contributed by atoms with Gasteiger partial charge in [-0.15, -0.1) is 0 Å². The van der Waals surface area contributed by atoms with Crippen LogP contribution in [0.15, 0.2) is 30.5 Å². The zero-order chi connectivity index (χ0) is 68.8. The van der Waals surface area contributed by atoms with E-state index in [1.165, 1.54) is 30.9 Å². The Morgan fingerprint density at radius 3 is 1.74 bits per heavy atom. The lowest BCUT2D eigenvalue weighted by atomic mass is 10.00. The number of hydrogen-bond acceptors (Lipinski definition) is 21. The molecule has 2 heterocycles. The molecule has 506 valence electrons. The average Bonchev–Trinajstić information content (AvgIpc) is 1.68. The number of hydrogen-bond donors (Lipinski definition) is 14. The van der Waals surface area contributed by atoms with Gasteiger partial charge in [0.15, 0.2) is 0 Å². The van der Waals surface area contributed by atoms with Crippen LogP contribution in [0, 0.1) is 5.92 Å². The summed E-state index contributed by atoms with van der Waals surface area (Å²) in [4.78, 5) is 188. The Morgan fingerprint density at radius 2 is 1.20 bits per heavy atom. The molecule has 0 saturated carbocycles. The average molecular weight is 1360 g/mol. The van der Waals surface area contributed by atoms with Gasteiger partial charge >= 0.3 is 39.1 Å². The van der Waals surface area contributed by atoms with Crippen LogP contribution in [0.4, 0.5) is 4.79 Å². The van der Waals surface area contributed by atoms with Crippen LogP contribution in [0.3, 0.4) is 0 Å². The molecule has 0 radical (unpaired) electrons. The summed E-state index contributed by atoms with van der Waals surface area (Å²) in [6.45, 7) is 10.3. The highest BCUT2D eigenvalue weighted by Gasteiger charge is 2.41. The van der Waals surface area contributed by atoms with Crippen molar-refractivity contribution in [3.8, 4) is 0 Å². The molecule has 15 N–H and O–H groups in total. The van der Waals surface area contributed by atoms with Crippen molar-refractivity contribution >= 4 is 136 Å². The van der Waals surface area contributed by atoms with E-state index in [-0.39, 0.29) is 53.1 Å². The number of likely N-dealkylation sites (tertiary alicyclic amines) is 1. The van der Waals surface area contributed by atoms with Crippen LogP contribution in [0.5, 0.6) is 0 Å². The Kier molecular flexibility index (Phi) is 30.4. The van der Waals surface area contributed by atoms with E-state index in [1.807, 2.05) is 0 Å². The summed E-state index contributed by atoms with van der Waals surface area (Å²) in [5.74, 6) is -17.1. The van der Waals surface area contributed by atoms with Crippen molar-refractivity contribution in [3.63, 3.8) is 0 Å². The Bertz CT molecular complexity index is 3140. The second-order valence-electron chi connectivity index (χ2n) is 22.5. The predicted octanol–water partition coefficient (Wildman–Crippen LogP) is -0.914. The number of carboxylic acids is 4. The first kappa shape index (κ1) is 77.5. The summed E-state index contributed by atoms with van der Waals surface area (Å²) in [6.07, 6.45) is -2.03. The summed E-state index contributed by atoms with van der Waals surface area (Å²) >= 11 is 1.41. The quantitative estimate of drug-likeness (QED) is 0.0290. The van der Waals surface area contributed by atoms with Gasteiger partial charge in [0.05, 0.1) is 34.2 Å². The highest BCUT2D eigenvalue weighted by Crippen LogP contribution is 2.29. The highest BCUT2D eigenvalue weighted by atomic mass is 33.5. The zero-order valence-electron chi connectivity index (χ0n) is 51.0. The van der Waals surface area contributed by atoms with E-state index in [1.54, 1.807) is 59.1 Å². The largest absolute Gasteiger partial charge is 0.481 e. The summed E-state index contributed by atoms with van der Waals surface area (Å²) in [5, 5.41) is 57.7. The van der Waals surface area contributed by atoms with Crippen molar-refractivity contribution in [2.24, 2.45) is 11.7 Å². The van der Waals surface area contributed by atoms with Crippen molar-refractivity contribution in [2.75, 3.05) is 24.3 Å². The maximum absolute atomic E-state index is 14.9. The fraction of sp³-hybridized carbons (Fsp3) is 0.593. The fourth-order valence-electron chi connectivity index (χ4n) is 8.94. The molecule has 0 unspecified atom stereocenters. The maximum atomic E-state index is 14.9. The van der Waals surface area contributed by atoms with Gasteiger partial charge in [0.25, 0.3) is 0 Å². The van der Waals surface area contributed by atoms with Gasteiger partial charge in [0.2, 0.25) is 53.2 Å². The van der Waals surface area contributed by atoms with Gasteiger partial charge in [0, 0.05) is 36.7 Å². The molecule has 1 aliphatic heterocycles. The van der Waals surface area contributed by atoms with E-state index in [4.69, 9.17) is 10.5 Å². The minimum atomic E-state index is -4.77. The van der Waals surface area contributed by atoms with Gasteiger partial charge in [-0.1, -0.05) is 42.8 Å². The lowest BCUT2D eigenvalue weighted by Gasteiger charge is -2.30. The number of nitrogens with two attached hydrogens (primary N) is 1. The van der Waals surface area contributed by atoms with E-state index in [0.717, 1.165) is 16.4 Å². The standard InChI is InChI=1S/C54H79N11O22S4/c1-26(2)20-33(46(75)62-36(23-42(70)71)49(78)63-37(25-89-90-91(84,85)86)51(80)64-18-11-14-39(64)50(79)57-28(4)52(81)82)59-47(76)34(21-29-24-65(53(83)87-54(5,6)7)38-13-10-9-12-30(29)38)60-48(77)35(22-41(68)69)61-45(74)32(15-16-40(66)67)58-43(72)27(3)56-44(73)31(55)17-19-88-8/h9-10,12-13,24,26-28,31-37,39H,11,14-23,25,55H2,1-8H3,(H,56,73)(H,57,79)(H,58,72)(H,59,76)(H,60,77)(H,61,74)(H,62,75)(H,63,78)(H,66,67)(H,68,69)(H,70,71)(H,81,82)(H,84,85,86)/t27-,28-,31-,32-,33-,34-,35-,36-,37-,39-/m0/s1. The SMILES string of the molecule is CSCC[C@H](N)C(=O)N[C@@H](C)C(=O)N[C@@H](CCC(=O)O)C(=O)N[C@@H](CC(=O)O)C(=O)N[C@@H](Cc1cn(C(=O)OC(C)(C)C)c2ccccc12)C(=O)N[C@@H](CC(C)C)C(=O)N[C@@H](CC(=O)O)C(=O)N[C@@H](CSSS(=O)(=O)O)C(=O)N1CCC[C@H]1C(=O)N[C@@H](C)C(=O)O. The van der Waals surface area contributed by atoms with Crippen LogP contribution in [0.1, 0.15) is 105 Å². The van der Waals surface area contributed by atoms with Crippen molar-refractivity contribution in [2.45, 2.75) is 172 Å².